The fraction of sp³-hybridized carbons (Fsp3) is 0.160. The number of sulfonamides is 1. The van der Waals surface area contributed by atoms with Gasteiger partial charge in [-0.15, -0.1) is 4.40 Å². The first kappa shape index (κ1) is 21.8. The smallest absolute Gasteiger partial charge is 0.285 e. The third kappa shape index (κ3) is 4.69. The first-order valence-corrected chi connectivity index (χ1v) is 12.3. The lowest BCUT2D eigenvalue weighted by Crippen LogP contribution is -2.23. The molecule has 172 valence electrons. The number of nitrogens with one attached hydrogen (secondary N) is 3. The third-order valence-corrected chi connectivity index (χ3v) is 6.97. The van der Waals surface area contributed by atoms with Gasteiger partial charge in [-0.1, -0.05) is 24.3 Å². The predicted molar refractivity (Wildman–Crippen MR) is 129 cm³/mol. The number of nitrogens with zero attached hydrogens (tertiary/aromatic N) is 1. The first-order chi connectivity index (χ1) is 16.4. The van der Waals surface area contributed by atoms with Crippen molar-refractivity contribution in [1.82, 2.24) is 5.32 Å². The Hall–Kier alpha value is -3.98. The molecular formula is C25H22N4O4S. The quantitative estimate of drug-likeness (QED) is 0.505. The summed E-state index contributed by atoms with van der Waals surface area (Å²) in [4.78, 5) is 24.7. The maximum absolute atomic E-state index is 12.6. The van der Waals surface area contributed by atoms with E-state index in [1.807, 2.05) is 24.3 Å². The fourth-order valence-electron chi connectivity index (χ4n) is 3.67. The van der Waals surface area contributed by atoms with Gasteiger partial charge in [-0.3, -0.25) is 9.59 Å². The van der Waals surface area contributed by atoms with Crippen molar-refractivity contribution in [3.63, 3.8) is 0 Å². The van der Waals surface area contributed by atoms with E-state index in [0.717, 1.165) is 24.1 Å². The Labute approximate surface area is 197 Å². The van der Waals surface area contributed by atoms with E-state index < -0.39 is 10.0 Å². The molecule has 34 heavy (non-hydrogen) atoms. The van der Waals surface area contributed by atoms with Crippen molar-refractivity contribution < 1.29 is 18.0 Å². The summed E-state index contributed by atoms with van der Waals surface area (Å²) in [6.07, 6.45) is 1.88. The van der Waals surface area contributed by atoms with Crippen LogP contribution in [0.4, 0.5) is 11.4 Å². The van der Waals surface area contributed by atoms with Crippen LogP contribution in [0, 0.1) is 5.92 Å². The maximum Gasteiger partial charge on any atom is 0.285 e. The Morgan fingerprint density at radius 2 is 1.68 bits per heavy atom. The van der Waals surface area contributed by atoms with Crippen molar-refractivity contribution in [3.05, 3.63) is 89.5 Å². The van der Waals surface area contributed by atoms with Crippen LogP contribution in [0.15, 0.2) is 82.1 Å². The van der Waals surface area contributed by atoms with E-state index in [9.17, 15) is 18.0 Å². The van der Waals surface area contributed by atoms with E-state index in [-0.39, 0.29) is 28.5 Å². The summed E-state index contributed by atoms with van der Waals surface area (Å²) in [5.74, 6) is 0.173. The maximum atomic E-state index is 12.6. The monoisotopic (exact) mass is 474 g/mol. The molecule has 1 saturated carbocycles. The highest BCUT2D eigenvalue weighted by atomic mass is 32.2. The number of anilines is 2. The Balaban J connectivity index is 1.20. The van der Waals surface area contributed by atoms with Crippen molar-refractivity contribution in [2.75, 3.05) is 10.6 Å². The highest BCUT2D eigenvalue weighted by Crippen LogP contribution is 2.30. The molecule has 1 heterocycles. The zero-order valence-corrected chi connectivity index (χ0v) is 18.9. The highest BCUT2D eigenvalue weighted by molar-refractivity contribution is 7.90. The number of rotatable bonds is 6. The number of carbonyl (C=O) groups excluding carboxylic acids is 2. The topological polar surface area (TPSA) is 117 Å². The molecule has 0 unspecified atom stereocenters. The molecule has 2 aliphatic rings. The molecule has 3 N–H and O–H groups in total. The van der Waals surface area contributed by atoms with E-state index in [4.69, 9.17) is 0 Å². The fourth-order valence-corrected chi connectivity index (χ4v) is 4.85. The Kier molecular flexibility index (Phi) is 5.62. The second kappa shape index (κ2) is 8.75. The number of fused-ring (bicyclic) bond motifs is 1. The van der Waals surface area contributed by atoms with Crippen LogP contribution in [0.1, 0.15) is 34.3 Å². The van der Waals surface area contributed by atoms with Crippen molar-refractivity contribution in [2.45, 2.75) is 24.3 Å². The molecule has 3 aromatic rings. The van der Waals surface area contributed by atoms with E-state index in [1.54, 1.807) is 42.5 Å². The number of carbonyl (C=O) groups is 2. The molecule has 0 spiro atoms. The summed E-state index contributed by atoms with van der Waals surface area (Å²) >= 11 is 0. The zero-order valence-electron chi connectivity index (χ0n) is 18.1. The van der Waals surface area contributed by atoms with Crippen LogP contribution in [-0.2, 0) is 21.4 Å². The van der Waals surface area contributed by atoms with Gasteiger partial charge >= 0.3 is 0 Å². The molecule has 3 aromatic carbocycles. The summed E-state index contributed by atoms with van der Waals surface area (Å²) in [6, 6.07) is 20.7. The van der Waals surface area contributed by atoms with Gasteiger partial charge in [-0.05, 0) is 66.9 Å². The van der Waals surface area contributed by atoms with Gasteiger partial charge in [0.1, 0.15) is 4.90 Å². The van der Waals surface area contributed by atoms with Crippen LogP contribution < -0.4 is 16.0 Å². The Morgan fingerprint density at radius 1 is 0.912 bits per heavy atom. The largest absolute Gasteiger partial charge is 0.348 e. The average molecular weight is 475 g/mol. The average Bonchev–Trinajstić information content (AvgIpc) is 3.65. The molecule has 9 heteroatoms. The van der Waals surface area contributed by atoms with Crippen LogP contribution in [-0.4, -0.2) is 26.1 Å². The molecule has 5 rings (SSSR count). The summed E-state index contributed by atoms with van der Waals surface area (Å²) in [5.41, 5.74) is 3.18. The van der Waals surface area contributed by atoms with Gasteiger partial charge < -0.3 is 16.0 Å². The van der Waals surface area contributed by atoms with Crippen molar-refractivity contribution in [2.24, 2.45) is 10.3 Å². The summed E-state index contributed by atoms with van der Waals surface area (Å²) in [7, 11) is -3.70. The molecule has 0 atom stereocenters. The molecule has 2 amide bonds. The standard InChI is InChI=1S/C25H22N4O4S/c30-24(26-15-16-4-3-5-20(14-16)28-25(31)18-8-9-18)17-10-12-19(13-11-17)27-23-21-6-1-2-7-22(21)34(32,33)29-23/h1-7,10-14,18H,8-9,15H2,(H,26,30)(H,27,29)(H,28,31). The van der Waals surface area contributed by atoms with Gasteiger partial charge in [0.15, 0.2) is 5.84 Å². The molecule has 1 fully saturated rings. The van der Waals surface area contributed by atoms with E-state index in [2.05, 4.69) is 20.3 Å². The lowest BCUT2D eigenvalue weighted by molar-refractivity contribution is -0.117. The van der Waals surface area contributed by atoms with Gasteiger partial charge in [0.05, 0.1) is 0 Å². The minimum atomic E-state index is -3.70. The Morgan fingerprint density at radius 3 is 2.44 bits per heavy atom. The van der Waals surface area contributed by atoms with Crippen molar-refractivity contribution >= 4 is 39.0 Å². The predicted octanol–water partition coefficient (Wildman–Crippen LogP) is 3.53. The van der Waals surface area contributed by atoms with Gasteiger partial charge in [-0.2, -0.15) is 8.42 Å². The van der Waals surface area contributed by atoms with Gasteiger partial charge in [-0.25, -0.2) is 0 Å². The van der Waals surface area contributed by atoms with Crippen LogP contribution in [0.3, 0.4) is 0 Å². The SMILES string of the molecule is O=C(NCc1cccc(NC(=O)C2CC2)c1)c1ccc(NC2=NS(=O)(=O)c3ccccc32)cc1. The van der Waals surface area contributed by atoms with Crippen LogP contribution in [0.2, 0.25) is 0 Å². The molecule has 0 saturated heterocycles. The first-order valence-electron chi connectivity index (χ1n) is 10.9. The Bertz CT molecular complexity index is 1410. The second-order valence-corrected chi connectivity index (χ2v) is 9.83. The van der Waals surface area contributed by atoms with Gasteiger partial charge in [0, 0.05) is 35.0 Å². The van der Waals surface area contributed by atoms with Crippen LogP contribution in [0.25, 0.3) is 0 Å². The summed E-state index contributed by atoms with van der Waals surface area (Å²) in [5, 5.41) is 8.79. The number of amidine groups is 1. The molecule has 8 nitrogen and oxygen atoms in total. The van der Waals surface area contributed by atoms with Crippen molar-refractivity contribution in [1.29, 1.82) is 0 Å². The van der Waals surface area contributed by atoms with E-state index in [0.29, 0.717) is 23.4 Å². The molecular weight excluding hydrogens is 452 g/mol. The normalized spacial score (nSPS) is 15.7. The number of hydrogen-bond donors (Lipinski definition) is 3. The third-order valence-electron chi connectivity index (χ3n) is 5.64. The lowest BCUT2D eigenvalue weighted by Gasteiger charge is -2.10. The van der Waals surface area contributed by atoms with E-state index in [1.165, 1.54) is 6.07 Å². The summed E-state index contributed by atoms with van der Waals surface area (Å²) in [6.45, 7) is 0.317. The van der Waals surface area contributed by atoms with Crippen LogP contribution in [0.5, 0.6) is 0 Å². The minimum Gasteiger partial charge on any atom is -0.348 e. The lowest BCUT2D eigenvalue weighted by atomic mass is 10.1. The molecule has 0 bridgehead atoms. The molecule has 0 aromatic heterocycles. The van der Waals surface area contributed by atoms with E-state index >= 15 is 0 Å². The number of hydrogen-bond acceptors (Lipinski definition) is 5. The summed E-state index contributed by atoms with van der Waals surface area (Å²) < 4.78 is 28.2. The van der Waals surface area contributed by atoms with Gasteiger partial charge in [0.25, 0.3) is 15.9 Å². The molecule has 0 radical (unpaired) electrons. The van der Waals surface area contributed by atoms with Crippen molar-refractivity contribution in [3.8, 4) is 0 Å². The zero-order chi connectivity index (χ0) is 23.7. The second-order valence-electron chi connectivity index (χ2n) is 8.26. The van der Waals surface area contributed by atoms with Crippen LogP contribution >= 0.6 is 0 Å². The molecule has 1 aliphatic heterocycles. The van der Waals surface area contributed by atoms with Gasteiger partial charge in [0.2, 0.25) is 5.91 Å². The molecule has 1 aliphatic carbocycles. The number of benzene rings is 3. The minimum absolute atomic E-state index is 0.0412. The number of amides is 2. The highest BCUT2D eigenvalue weighted by Gasteiger charge is 2.30.